The number of hydrogen-bond donors (Lipinski definition) is 3. The van der Waals surface area contributed by atoms with Gasteiger partial charge >= 0.3 is 11.9 Å². The lowest BCUT2D eigenvalue weighted by Crippen LogP contribution is -2.22. The summed E-state index contributed by atoms with van der Waals surface area (Å²) in [7, 11) is 0. The van der Waals surface area contributed by atoms with E-state index in [0.29, 0.717) is 12.1 Å². The van der Waals surface area contributed by atoms with Gasteiger partial charge in [0.25, 0.3) is 0 Å². The van der Waals surface area contributed by atoms with Crippen molar-refractivity contribution >= 4 is 11.9 Å². The summed E-state index contributed by atoms with van der Waals surface area (Å²) < 4.78 is 0. The van der Waals surface area contributed by atoms with Crippen LogP contribution in [0.5, 0.6) is 0 Å². The zero-order valence-corrected chi connectivity index (χ0v) is 8.64. The molecule has 86 valence electrons. The van der Waals surface area contributed by atoms with Crippen molar-refractivity contribution in [3.63, 3.8) is 0 Å². The Labute approximate surface area is 92.7 Å². The van der Waals surface area contributed by atoms with E-state index in [4.69, 9.17) is 10.2 Å². The van der Waals surface area contributed by atoms with Crippen molar-refractivity contribution in [1.82, 2.24) is 5.32 Å². The zero-order valence-electron chi connectivity index (χ0n) is 8.64. The number of carboxylic acids is 2. The summed E-state index contributed by atoms with van der Waals surface area (Å²) in [5, 5.41) is 19.9. The molecule has 3 N–H and O–H groups in total. The number of carbonyl (C=O) groups is 2. The van der Waals surface area contributed by atoms with Crippen molar-refractivity contribution in [2.24, 2.45) is 0 Å². The molecule has 0 heterocycles. The van der Waals surface area contributed by atoms with Crippen LogP contribution in [0.2, 0.25) is 0 Å². The van der Waals surface area contributed by atoms with Gasteiger partial charge in [0.15, 0.2) is 0 Å². The van der Waals surface area contributed by atoms with E-state index < -0.39 is 11.9 Å². The molecule has 0 saturated carbocycles. The van der Waals surface area contributed by atoms with Gasteiger partial charge in [-0.25, -0.2) is 0 Å². The van der Waals surface area contributed by atoms with E-state index in [1.54, 1.807) is 24.3 Å². The SMILES string of the molecule is O=C(O)CNCc1ccccc1CC(=O)O. The van der Waals surface area contributed by atoms with Gasteiger partial charge in [0.05, 0.1) is 13.0 Å². The topological polar surface area (TPSA) is 86.6 Å². The van der Waals surface area contributed by atoms with E-state index in [9.17, 15) is 9.59 Å². The normalized spacial score (nSPS) is 10.0. The minimum atomic E-state index is -0.935. The highest BCUT2D eigenvalue weighted by atomic mass is 16.4. The van der Waals surface area contributed by atoms with Crippen molar-refractivity contribution < 1.29 is 19.8 Å². The van der Waals surface area contributed by atoms with E-state index in [0.717, 1.165) is 5.56 Å². The Morgan fingerprint density at radius 3 is 2.25 bits per heavy atom. The van der Waals surface area contributed by atoms with Crippen molar-refractivity contribution in [2.75, 3.05) is 6.54 Å². The molecule has 0 atom stereocenters. The standard InChI is InChI=1S/C11H13NO4/c13-10(14)5-8-3-1-2-4-9(8)6-12-7-11(15)16/h1-4,12H,5-7H2,(H,13,14)(H,15,16). The molecule has 5 heteroatoms. The first-order chi connectivity index (χ1) is 7.59. The van der Waals surface area contributed by atoms with E-state index in [1.165, 1.54) is 0 Å². The van der Waals surface area contributed by atoms with Crippen LogP contribution in [-0.2, 0) is 22.6 Å². The zero-order chi connectivity index (χ0) is 12.0. The largest absolute Gasteiger partial charge is 0.481 e. The third-order valence-electron chi connectivity index (χ3n) is 2.05. The minimum absolute atomic E-state index is 0.0507. The molecular formula is C11H13NO4. The summed E-state index contributed by atoms with van der Waals surface area (Å²) in [5.74, 6) is -1.83. The predicted octanol–water partition coefficient (Wildman–Crippen LogP) is 0.488. The summed E-state index contributed by atoms with van der Waals surface area (Å²) in [6.45, 7) is 0.219. The molecule has 0 radical (unpaired) electrons. The molecule has 1 aromatic rings. The van der Waals surface area contributed by atoms with Crippen molar-refractivity contribution in [3.05, 3.63) is 35.4 Å². The second-order valence-electron chi connectivity index (χ2n) is 3.34. The fraction of sp³-hybridized carbons (Fsp3) is 0.273. The van der Waals surface area contributed by atoms with Gasteiger partial charge in [-0.2, -0.15) is 0 Å². The second kappa shape index (κ2) is 5.87. The number of rotatable bonds is 6. The van der Waals surface area contributed by atoms with Gasteiger partial charge in [-0.3, -0.25) is 9.59 Å². The molecule has 0 aliphatic carbocycles. The molecule has 0 fully saturated rings. The second-order valence-corrected chi connectivity index (χ2v) is 3.34. The molecule has 0 spiro atoms. The minimum Gasteiger partial charge on any atom is -0.481 e. The summed E-state index contributed by atoms with van der Waals surface area (Å²) >= 11 is 0. The summed E-state index contributed by atoms with van der Waals surface area (Å²) in [5.41, 5.74) is 1.51. The molecule has 0 amide bonds. The maximum Gasteiger partial charge on any atom is 0.317 e. The lowest BCUT2D eigenvalue weighted by atomic mass is 10.0. The lowest BCUT2D eigenvalue weighted by molar-refractivity contribution is -0.137. The van der Waals surface area contributed by atoms with Gasteiger partial charge in [-0.1, -0.05) is 24.3 Å². The number of benzene rings is 1. The lowest BCUT2D eigenvalue weighted by Gasteiger charge is -2.07. The van der Waals surface area contributed by atoms with Crippen molar-refractivity contribution in [1.29, 1.82) is 0 Å². The third-order valence-corrected chi connectivity index (χ3v) is 2.05. The Hall–Kier alpha value is -1.88. The van der Waals surface area contributed by atoms with Crippen LogP contribution < -0.4 is 5.32 Å². The summed E-state index contributed by atoms with van der Waals surface area (Å²) in [4.78, 5) is 20.9. The quantitative estimate of drug-likeness (QED) is 0.653. The smallest absolute Gasteiger partial charge is 0.317 e. The first-order valence-electron chi connectivity index (χ1n) is 4.80. The molecule has 0 saturated heterocycles. The van der Waals surface area contributed by atoms with Gasteiger partial charge in [0, 0.05) is 6.54 Å². The number of carboxylic acid groups (broad SMARTS) is 2. The van der Waals surface area contributed by atoms with Gasteiger partial charge < -0.3 is 15.5 Å². The van der Waals surface area contributed by atoms with E-state index >= 15 is 0 Å². The van der Waals surface area contributed by atoms with Crippen LogP contribution in [0.25, 0.3) is 0 Å². The Balaban J connectivity index is 2.63. The predicted molar refractivity (Wildman–Crippen MR) is 57.1 cm³/mol. The van der Waals surface area contributed by atoms with Crippen molar-refractivity contribution in [2.45, 2.75) is 13.0 Å². The number of hydrogen-bond acceptors (Lipinski definition) is 3. The van der Waals surface area contributed by atoms with Crippen LogP contribution in [0.1, 0.15) is 11.1 Å². The first kappa shape index (κ1) is 12.2. The summed E-state index contributed by atoms with van der Waals surface area (Å²) in [6, 6.07) is 7.07. The molecule has 0 aromatic heterocycles. The average Bonchev–Trinajstić information content (AvgIpc) is 2.19. The van der Waals surface area contributed by atoms with E-state index in [1.807, 2.05) is 0 Å². The third kappa shape index (κ3) is 4.10. The Morgan fingerprint density at radius 2 is 1.69 bits per heavy atom. The highest BCUT2D eigenvalue weighted by Gasteiger charge is 2.06. The van der Waals surface area contributed by atoms with Crippen LogP contribution in [0.4, 0.5) is 0 Å². The molecule has 16 heavy (non-hydrogen) atoms. The molecule has 0 aliphatic heterocycles. The molecule has 0 unspecified atom stereocenters. The monoisotopic (exact) mass is 223 g/mol. The Bertz CT molecular complexity index is 389. The van der Waals surface area contributed by atoms with Crippen LogP contribution in [0, 0.1) is 0 Å². The van der Waals surface area contributed by atoms with Gasteiger partial charge in [0.2, 0.25) is 0 Å². The van der Waals surface area contributed by atoms with Gasteiger partial charge in [-0.05, 0) is 11.1 Å². The van der Waals surface area contributed by atoms with Crippen LogP contribution in [-0.4, -0.2) is 28.7 Å². The fourth-order valence-corrected chi connectivity index (χ4v) is 1.37. The van der Waals surface area contributed by atoms with Crippen LogP contribution in [0.15, 0.2) is 24.3 Å². The molecule has 0 bridgehead atoms. The molecular weight excluding hydrogens is 210 g/mol. The Kier molecular flexibility index (Phi) is 4.47. The first-order valence-corrected chi connectivity index (χ1v) is 4.80. The molecule has 1 rings (SSSR count). The highest BCUT2D eigenvalue weighted by molar-refractivity contribution is 5.71. The molecule has 1 aromatic carbocycles. The van der Waals surface area contributed by atoms with Crippen LogP contribution >= 0.6 is 0 Å². The van der Waals surface area contributed by atoms with Gasteiger partial charge in [0.1, 0.15) is 0 Å². The number of aliphatic carboxylic acids is 2. The Morgan fingerprint density at radius 1 is 1.06 bits per heavy atom. The van der Waals surface area contributed by atoms with Crippen LogP contribution in [0.3, 0.4) is 0 Å². The van der Waals surface area contributed by atoms with Gasteiger partial charge in [-0.15, -0.1) is 0 Å². The molecule has 5 nitrogen and oxygen atoms in total. The fourth-order valence-electron chi connectivity index (χ4n) is 1.37. The van der Waals surface area contributed by atoms with E-state index in [-0.39, 0.29) is 13.0 Å². The summed E-state index contributed by atoms with van der Waals surface area (Å²) in [6.07, 6.45) is -0.0507. The van der Waals surface area contributed by atoms with Crippen molar-refractivity contribution in [3.8, 4) is 0 Å². The molecule has 0 aliphatic rings. The number of nitrogens with one attached hydrogen (secondary N) is 1. The maximum absolute atomic E-state index is 10.6. The van der Waals surface area contributed by atoms with E-state index in [2.05, 4.69) is 5.32 Å². The maximum atomic E-state index is 10.6. The highest BCUT2D eigenvalue weighted by Crippen LogP contribution is 2.09. The average molecular weight is 223 g/mol.